The van der Waals surface area contributed by atoms with Crippen molar-refractivity contribution in [1.82, 2.24) is 5.32 Å². The van der Waals surface area contributed by atoms with Crippen LogP contribution < -0.4 is 11.1 Å². The van der Waals surface area contributed by atoms with Crippen LogP contribution in [0, 0.1) is 0 Å². The number of hydrogen-bond acceptors (Lipinski definition) is 2. The van der Waals surface area contributed by atoms with E-state index >= 15 is 0 Å². The first kappa shape index (κ1) is 13.8. The summed E-state index contributed by atoms with van der Waals surface area (Å²) >= 11 is 0. The van der Waals surface area contributed by atoms with Crippen molar-refractivity contribution in [3.63, 3.8) is 0 Å². The van der Waals surface area contributed by atoms with Gasteiger partial charge in [0.15, 0.2) is 0 Å². The molecule has 5 heteroatoms. The molecule has 1 rings (SSSR count). The van der Waals surface area contributed by atoms with Crippen LogP contribution in [0.2, 0.25) is 0 Å². The Kier molecular flexibility index (Phi) is 5.05. The number of hydrogen-bond donors (Lipinski definition) is 2. The quantitative estimate of drug-likeness (QED) is 0.722. The van der Waals surface area contributed by atoms with E-state index in [1.165, 1.54) is 6.42 Å². The predicted molar refractivity (Wildman–Crippen MR) is 58.2 cm³/mol. The predicted octanol–water partition coefficient (Wildman–Crippen LogP) is 2.58. The van der Waals surface area contributed by atoms with Crippen molar-refractivity contribution in [2.24, 2.45) is 5.73 Å². The summed E-state index contributed by atoms with van der Waals surface area (Å²) in [6, 6.07) is 0. The van der Waals surface area contributed by atoms with E-state index in [0.717, 1.165) is 25.7 Å². The van der Waals surface area contributed by atoms with Gasteiger partial charge in [-0.25, -0.2) is 0 Å². The minimum Gasteiger partial charge on any atom is -0.324 e. The van der Waals surface area contributed by atoms with Crippen LogP contribution in [0.15, 0.2) is 0 Å². The lowest BCUT2D eigenvalue weighted by Crippen LogP contribution is -2.50. The number of halogens is 3. The molecule has 0 saturated heterocycles. The van der Waals surface area contributed by atoms with Gasteiger partial charge in [0, 0.05) is 18.5 Å². The highest BCUT2D eigenvalue weighted by Gasteiger charge is 2.28. The minimum atomic E-state index is -4.03. The number of nitrogens with two attached hydrogens (primary N) is 1. The second-order valence-corrected chi connectivity index (χ2v) is 4.82. The third-order valence-electron chi connectivity index (χ3n) is 3.14. The van der Waals surface area contributed by atoms with Gasteiger partial charge in [-0.05, 0) is 25.8 Å². The van der Waals surface area contributed by atoms with Crippen LogP contribution in [0.1, 0.15) is 44.9 Å². The first-order valence-electron chi connectivity index (χ1n) is 5.98. The highest BCUT2D eigenvalue weighted by molar-refractivity contribution is 4.89. The molecule has 96 valence electrons. The second-order valence-electron chi connectivity index (χ2n) is 4.82. The molecule has 0 radical (unpaired) electrons. The molecule has 0 aromatic rings. The Balaban J connectivity index is 2.06. The highest BCUT2D eigenvalue weighted by Crippen LogP contribution is 2.25. The van der Waals surface area contributed by atoms with Crippen LogP contribution in [0.25, 0.3) is 0 Å². The molecule has 0 spiro atoms. The molecule has 1 aliphatic carbocycles. The maximum absolute atomic E-state index is 11.9. The van der Waals surface area contributed by atoms with E-state index in [0.29, 0.717) is 13.1 Å². The van der Waals surface area contributed by atoms with Gasteiger partial charge in [0.05, 0.1) is 0 Å². The van der Waals surface area contributed by atoms with Crippen molar-refractivity contribution in [1.29, 1.82) is 0 Å². The standard InChI is InChI=1S/C11H21F3N2/c12-11(13,14)7-4-8-16-9-10(15)5-2-1-3-6-10/h16H,1-9,15H2. The number of nitrogens with one attached hydrogen (secondary N) is 1. The van der Waals surface area contributed by atoms with Crippen LogP contribution in [-0.4, -0.2) is 24.8 Å². The van der Waals surface area contributed by atoms with Gasteiger partial charge >= 0.3 is 6.18 Å². The average Bonchev–Trinajstić information content (AvgIpc) is 2.16. The van der Waals surface area contributed by atoms with Gasteiger partial charge in [-0.3, -0.25) is 0 Å². The van der Waals surface area contributed by atoms with Gasteiger partial charge < -0.3 is 11.1 Å². The molecular weight excluding hydrogens is 217 g/mol. The lowest BCUT2D eigenvalue weighted by Gasteiger charge is -2.33. The van der Waals surface area contributed by atoms with Crippen LogP contribution in [0.5, 0.6) is 0 Å². The molecule has 3 N–H and O–H groups in total. The van der Waals surface area contributed by atoms with Crippen LogP contribution in [0.4, 0.5) is 13.2 Å². The molecule has 0 amide bonds. The maximum atomic E-state index is 11.9. The van der Waals surface area contributed by atoms with E-state index in [1.807, 2.05) is 0 Å². The Hall–Kier alpha value is -0.290. The van der Waals surface area contributed by atoms with E-state index in [4.69, 9.17) is 5.73 Å². The van der Waals surface area contributed by atoms with Crippen molar-refractivity contribution in [3.8, 4) is 0 Å². The van der Waals surface area contributed by atoms with E-state index in [9.17, 15) is 13.2 Å². The molecule has 0 bridgehead atoms. The fraction of sp³-hybridized carbons (Fsp3) is 1.00. The zero-order valence-electron chi connectivity index (χ0n) is 9.58. The lowest BCUT2D eigenvalue weighted by atomic mass is 9.82. The summed E-state index contributed by atoms with van der Waals surface area (Å²) < 4.78 is 35.6. The summed E-state index contributed by atoms with van der Waals surface area (Å²) in [7, 11) is 0. The SMILES string of the molecule is NC1(CNCCCC(F)(F)F)CCCCC1. The normalized spacial score (nSPS) is 21.0. The van der Waals surface area contributed by atoms with Gasteiger partial charge in [0.1, 0.15) is 0 Å². The molecule has 1 fully saturated rings. The Bertz CT molecular complexity index is 198. The summed E-state index contributed by atoms with van der Waals surface area (Å²) in [6.07, 6.45) is 0.872. The molecule has 16 heavy (non-hydrogen) atoms. The molecule has 0 unspecified atom stereocenters. The topological polar surface area (TPSA) is 38.0 Å². The fourth-order valence-corrected chi connectivity index (χ4v) is 2.18. The summed E-state index contributed by atoms with van der Waals surface area (Å²) in [6.45, 7) is 1.04. The molecule has 1 saturated carbocycles. The average molecular weight is 238 g/mol. The first-order chi connectivity index (χ1) is 7.41. The van der Waals surface area contributed by atoms with Crippen LogP contribution in [-0.2, 0) is 0 Å². The minimum absolute atomic E-state index is 0.138. The summed E-state index contributed by atoms with van der Waals surface area (Å²) in [5.41, 5.74) is 5.96. The zero-order valence-corrected chi connectivity index (χ0v) is 9.58. The van der Waals surface area contributed by atoms with Crippen LogP contribution >= 0.6 is 0 Å². The Morgan fingerprint density at radius 3 is 2.31 bits per heavy atom. The molecule has 0 atom stereocenters. The van der Waals surface area contributed by atoms with Gasteiger partial charge in [-0.1, -0.05) is 19.3 Å². The van der Waals surface area contributed by atoms with Gasteiger partial charge in [-0.15, -0.1) is 0 Å². The summed E-state index contributed by atoms with van der Waals surface area (Å²) in [4.78, 5) is 0. The van der Waals surface area contributed by atoms with Crippen molar-refractivity contribution in [2.75, 3.05) is 13.1 Å². The van der Waals surface area contributed by atoms with Gasteiger partial charge in [0.2, 0.25) is 0 Å². The summed E-state index contributed by atoms with van der Waals surface area (Å²) in [5.74, 6) is 0. The smallest absolute Gasteiger partial charge is 0.324 e. The van der Waals surface area contributed by atoms with Crippen molar-refractivity contribution in [2.45, 2.75) is 56.7 Å². The molecule has 0 aromatic carbocycles. The largest absolute Gasteiger partial charge is 0.389 e. The highest BCUT2D eigenvalue weighted by atomic mass is 19.4. The van der Waals surface area contributed by atoms with E-state index in [1.54, 1.807) is 0 Å². The third kappa shape index (κ3) is 5.70. The monoisotopic (exact) mass is 238 g/mol. The Morgan fingerprint density at radius 1 is 1.12 bits per heavy atom. The van der Waals surface area contributed by atoms with E-state index < -0.39 is 12.6 Å². The molecule has 0 heterocycles. The number of rotatable bonds is 5. The first-order valence-corrected chi connectivity index (χ1v) is 5.98. The summed E-state index contributed by atoms with van der Waals surface area (Å²) in [5, 5.41) is 3.04. The maximum Gasteiger partial charge on any atom is 0.389 e. The second kappa shape index (κ2) is 5.87. The fourth-order valence-electron chi connectivity index (χ4n) is 2.18. The molecule has 0 aliphatic heterocycles. The molecule has 2 nitrogen and oxygen atoms in total. The van der Waals surface area contributed by atoms with E-state index in [-0.39, 0.29) is 12.0 Å². The molecule has 0 aromatic heterocycles. The molecular formula is C11H21F3N2. The van der Waals surface area contributed by atoms with Gasteiger partial charge in [-0.2, -0.15) is 13.2 Å². The van der Waals surface area contributed by atoms with Crippen molar-refractivity contribution in [3.05, 3.63) is 0 Å². The Morgan fingerprint density at radius 2 is 1.75 bits per heavy atom. The van der Waals surface area contributed by atoms with Crippen molar-refractivity contribution < 1.29 is 13.2 Å². The lowest BCUT2D eigenvalue weighted by molar-refractivity contribution is -0.135. The zero-order chi connectivity index (χ0) is 12.1. The van der Waals surface area contributed by atoms with Crippen molar-refractivity contribution >= 4 is 0 Å². The molecule has 1 aliphatic rings. The van der Waals surface area contributed by atoms with E-state index in [2.05, 4.69) is 5.32 Å². The third-order valence-corrected chi connectivity index (χ3v) is 3.14. The van der Waals surface area contributed by atoms with Crippen LogP contribution in [0.3, 0.4) is 0 Å². The number of alkyl halides is 3. The Labute approximate surface area is 94.8 Å². The van der Waals surface area contributed by atoms with Gasteiger partial charge in [0.25, 0.3) is 0 Å².